The molecule has 0 aliphatic rings. The third kappa shape index (κ3) is 3.46. The summed E-state index contributed by atoms with van der Waals surface area (Å²) in [5.74, 6) is -0.452. The fourth-order valence-electron chi connectivity index (χ4n) is 2.23. The van der Waals surface area contributed by atoms with Gasteiger partial charge in [-0.2, -0.15) is 5.10 Å². The number of aromatic amines is 1. The summed E-state index contributed by atoms with van der Waals surface area (Å²) < 4.78 is 7.07. The molecule has 0 saturated heterocycles. The number of amides is 1. The van der Waals surface area contributed by atoms with Gasteiger partial charge in [-0.25, -0.2) is 9.48 Å². The molecular weight excluding hydrogens is 378 g/mol. The highest BCUT2D eigenvalue weighted by molar-refractivity contribution is 9.10. The van der Waals surface area contributed by atoms with Crippen LogP contribution in [0.3, 0.4) is 0 Å². The van der Waals surface area contributed by atoms with E-state index in [-0.39, 0.29) is 5.91 Å². The molecule has 0 atom stereocenters. The molecule has 0 aliphatic heterocycles. The van der Waals surface area contributed by atoms with Gasteiger partial charge in [-0.15, -0.1) is 0 Å². The van der Waals surface area contributed by atoms with Crippen molar-refractivity contribution >= 4 is 21.8 Å². The molecule has 2 heterocycles. The van der Waals surface area contributed by atoms with E-state index in [0.717, 1.165) is 15.9 Å². The largest absolute Gasteiger partial charge is 0.438 e. The zero-order valence-corrected chi connectivity index (χ0v) is 14.3. The van der Waals surface area contributed by atoms with Gasteiger partial charge < -0.3 is 5.32 Å². The molecule has 1 amide bonds. The lowest BCUT2D eigenvalue weighted by molar-refractivity contribution is 0.0953. The van der Waals surface area contributed by atoms with E-state index >= 15 is 0 Å². The smallest absolute Gasteiger partial charge is 0.351 e. The van der Waals surface area contributed by atoms with Crippen molar-refractivity contribution in [2.75, 3.05) is 6.54 Å². The van der Waals surface area contributed by atoms with Gasteiger partial charge in [0, 0.05) is 17.4 Å². The van der Waals surface area contributed by atoms with Crippen molar-refractivity contribution in [3.05, 3.63) is 62.6 Å². The quantitative estimate of drug-likeness (QED) is 0.686. The van der Waals surface area contributed by atoms with Crippen LogP contribution >= 0.6 is 15.9 Å². The Morgan fingerprint density at radius 3 is 2.79 bits per heavy atom. The fourth-order valence-corrected chi connectivity index (χ4v) is 2.50. The highest BCUT2D eigenvalue weighted by Crippen LogP contribution is 2.17. The van der Waals surface area contributed by atoms with Crippen LogP contribution in [0.1, 0.15) is 21.9 Å². The van der Waals surface area contributed by atoms with Gasteiger partial charge in [0.1, 0.15) is 0 Å². The second-order valence-corrected chi connectivity index (χ2v) is 6.00. The third-order valence-corrected chi connectivity index (χ3v) is 3.99. The summed E-state index contributed by atoms with van der Waals surface area (Å²) in [6.45, 7) is 2.16. The van der Waals surface area contributed by atoms with Crippen LogP contribution in [-0.4, -0.2) is 32.4 Å². The Morgan fingerprint density at radius 2 is 2.12 bits per heavy atom. The van der Waals surface area contributed by atoms with E-state index in [1.807, 2.05) is 31.2 Å². The Hall–Kier alpha value is -2.68. The lowest BCUT2D eigenvalue weighted by Crippen LogP contribution is -2.26. The molecule has 0 fully saturated rings. The number of benzene rings is 1. The molecule has 1 aromatic carbocycles. The number of H-pyrrole nitrogens is 1. The Kier molecular flexibility index (Phi) is 4.61. The molecule has 0 bridgehead atoms. The number of carbonyl (C=O) groups is 1. The van der Waals surface area contributed by atoms with Gasteiger partial charge in [0.15, 0.2) is 5.82 Å². The summed E-state index contributed by atoms with van der Waals surface area (Å²) in [6, 6.07) is 7.64. The Morgan fingerprint density at radius 1 is 1.38 bits per heavy atom. The number of rotatable bonds is 5. The second kappa shape index (κ2) is 6.83. The highest BCUT2D eigenvalue weighted by atomic mass is 79.9. The number of aromatic nitrogens is 4. The normalized spacial score (nSPS) is 10.8. The van der Waals surface area contributed by atoms with E-state index in [1.54, 1.807) is 4.68 Å². The molecule has 0 aliphatic carbocycles. The van der Waals surface area contributed by atoms with Crippen LogP contribution in [0.5, 0.6) is 0 Å². The molecule has 0 spiro atoms. The van der Waals surface area contributed by atoms with Gasteiger partial charge in [-0.05, 0) is 31.2 Å². The van der Waals surface area contributed by atoms with Crippen LogP contribution in [0.15, 0.2) is 44.3 Å². The van der Waals surface area contributed by atoms with Gasteiger partial charge in [0.25, 0.3) is 5.91 Å². The minimum atomic E-state index is -0.608. The molecule has 0 unspecified atom stereocenters. The van der Waals surface area contributed by atoms with E-state index in [1.165, 1.54) is 6.20 Å². The van der Waals surface area contributed by atoms with Crippen molar-refractivity contribution in [1.29, 1.82) is 0 Å². The minimum absolute atomic E-state index is 0.235. The topological polar surface area (TPSA) is 106 Å². The van der Waals surface area contributed by atoms with Crippen molar-refractivity contribution in [1.82, 2.24) is 25.2 Å². The number of hydrogen-bond donors (Lipinski definition) is 2. The molecule has 9 heteroatoms. The van der Waals surface area contributed by atoms with E-state index < -0.39 is 5.76 Å². The maximum atomic E-state index is 12.3. The number of carbonyl (C=O) groups excluding carboxylic acids is 1. The summed E-state index contributed by atoms with van der Waals surface area (Å²) >= 11 is 3.39. The maximum absolute atomic E-state index is 12.3. The molecule has 124 valence electrons. The van der Waals surface area contributed by atoms with Crippen molar-refractivity contribution in [2.24, 2.45) is 0 Å². The second-order valence-electron chi connectivity index (χ2n) is 5.08. The van der Waals surface area contributed by atoms with Crippen LogP contribution in [0.2, 0.25) is 0 Å². The number of halogens is 1. The molecule has 0 saturated carbocycles. The van der Waals surface area contributed by atoms with Crippen molar-refractivity contribution in [2.45, 2.75) is 13.3 Å². The van der Waals surface area contributed by atoms with Gasteiger partial charge in [0.2, 0.25) is 0 Å². The zero-order chi connectivity index (χ0) is 17.1. The summed E-state index contributed by atoms with van der Waals surface area (Å²) in [5.41, 5.74) is 2.10. The monoisotopic (exact) mass is 391 g/mol. The Labute approximate surface area is 145 Å². The maximum Gasteiger partial charge on any atom is 0.438 e. The lowest BCUT2D eigenvalue weighted by atomic mass is 10.2. The average Bonchev–Trinajstić information content (AvgIpc) is 3.14. The molecule has 3 rings (SSSR count). The molecular formula is C15H14BrN5O3. The van der Waals surface area contributed by atoms with Gasteiger partial charge in [0.05, 0.1) is 23.1 Å². The number of hydrogen-bond acceptors (Lipinski definition) is 5. The first-order valence-corrected chi connectivity index (χ1v) is 7.97. The standard InChI is InChI=1S/C15H14BrN5O3/c1-9-12(8-18-21(9)11-4-2-10(16)3-5-11)14(22)17-7-6-13-19-15(23)24-20-13/h2-5,8H,6-7H2,1H3,(H,17,22)(H,19,20,23). The predicted octanol–water partition coefficient (Wildman–Crippen LogP) is 1.59. The van der Waals surface area contributed by atoms with Crippen molar-refractivity contribution < 1.29 is 9.32 Å². The summed E-state index contributed by atoms with van der Waals surface area (Å²) in [6.07, 6.45) is 1.90. The van der Waals surface area contributed by atoms with E-state index in [0.29, 0.717) is 24.4 Å². The van der Waals surface area contributed by atoms with Crippen LogP contribution in [0.25, 0.3) is 5.69 Å². The van der Waals surface area contributed by atoms with Gasteiger partial charge >= 0.3 is 5.76 Å². The van der Waals surface area contributed by atoms with Crippen LogP contribution in [0, 0.1) is 6.92 Å². The predicted molar refractivity (Wildman–Crippen MR) is 89.2 cm³/mol. The lowest BCUT2D eigenvalue weighted by Gasteiger charge is -2.06. The van der Waals surface area contributed by atoms with Crippen LogP contribution in [-0.2, 0) is 6.42 Å². The summed E-state index contributed by atoms with van der Waals surface area (Å²) in [5, 5.41) is 10.6. The van der Waals surface area contributed by atoms with Crippen molar-refractivity contribution in [3.63, 3.8) is 0 Å². The third-order valence-electron chi connectivity index (χ3n) is 3.46. The van der Waals surface area contributed by atoms with Gasteiger partial charge in [-0.3, -0.25) is 14.3 Å². The summed E-state index contributed by atoms with van der Waals surface area (Å²) in [4.78, 5) is 25.5. The Bertz CT molecular complexity index is 910. The Balaban J connectivity index is 1.67. The molecule has 0 radical (unpaired) electrons. The number of nitrogens with zero attached hydrogens (tertiary/aromatic N) is 3. The van der Waals surface area contributed by atoms with Crippen LogP contribution in [0.4, 0.5) is 0 Å². The molecule has 8 nitrogen and oxygen atoms in total. The van der Waals surface area contributed by atoms with E-state index in [2.05, 4.69) is 41.0 Å². The first-order chi connectivity index (χ1) is 11.5. The van der Waals surface area contributed by atoms with E-state index in [4.69, 9.17) is 0 Å². The number of nitrogens with one attached hydrogen (secondary N) is 2. The highest BCUT2D eigenvalue weighted by Gasteiger charge is 2.15. The SMILES string of the molecule is Cc1c(C(=O)NCCc2noc(=O)[nH]2)cnn1-c1ccc(Br)cc1. The molecule has 24 heavy (non-hydrogen) atoms. The van der Waals surface area contributed by atoms with Crippen LogP contribution < -0.4 is 11.1 Å². The minimum Gasteiger partial charge on any atom is -0.351 e. The first kappa shape index (κ1) is 16.2. The van der Waals surface area contributed by atoms with Gasteiger partial charge in [-0.1, -0.05) is 21.1 Å². The first-order valence-electron chi connectivity index (χ1n) is 7.18. The molecule has 2 N–H and O–H groups in total. The molecule has 2 aromatic heterocycles. The van der Waals surface area contributed by atoms with Crippen molar-refractivity contribution in [3.8, 4) is 5.69 Å². The zero-order valence-electron chi connectivity index (χ0n) is 12.7. The fraction of sp³-hybridized carbons (Fsp3) is 0.200. The molecule has 3 aromatic rings. The average molecular weight is 392 g/mol. The van der Waals surface area contributed by atoms with E-state index in [9.17, 15) is 9.59 Å². The summed E-state index contributed by atoms with van der Waals surface area (Å²) in [7, 11) is 0.